The highest BCUT2D eigenvalue weighted by Crippen LogP contribution is 2.34. The number of nitrogens with zero attached hydrogens (tertiary/aromatic N) is 1. The van der Waals surface area contributed by atoms with Crippen molar-refractivity contribution in [2.45, 2.75) is 50.7 Å². The highest BCUT2D eigenvalue weighted by molar-refractivity contribution is 5.94. The lowest BCUT2D eigenvalue weighted by Crippen LogP contribution is -2.49. The van der Waals surface area contributed by atoms with Crippen LogP contribution in [0.25, 0.3) is 0 Å². The van der Waals surface area contributed by atoms with Gasteiger partial charge in [0.05, 0.1) is 0 Å². The summed E-state index contributed by atoms with van der Waals surface area (Å²) in [5, 5.41) is 0. The Morgan fingerprint density at radius 1 is 1.36 bits per heavy atom. The maximum absolute atomic E-state index is 11.7. The van der Waals surface area contributed by atoms with Crippen LogP contribution < -0.4 is 5.73 Å². The van der Waals surface area contributed by atoms with Crippen molar-refractivity contribution in [3.63, 3.8) is 0 Å². The number of carbonyl (C=O) groups is 1. The molecule has 2 bridgehead atoms. The molecule has 2 fully saturated rings. The number of hydrogen-bond donors (Lipinski definition) is 1. The zero-order chi connectivity index (χ0) is 10.1. The summed E-state index contributed by atoms with van der Waals surface area (Å²) in [6.45, 7) is 1.70. The molecule has 2 unspecified atom stereocenters. The molecule has 2 saturated heterocycles. The molecule has 3 heteroatoms. The third kappa shape index (κ3) is 1.51. The second kappa shape index (κ2) is 3.62. The first-order valence-corrected chi connectivity index (χ1v) is 5.23. The van der Waals surface area contributed by atoms with Crippen molar-refractivity contribution in [1.82, 2.24) is 4.90 Å². The smallest absolute Gasteiger partial charge is 0.298 e. The van der Waals surface area contributed by atoms with Gasteiger partial charge in [-0.2, -0.15) is 0 Å². The van der Waals surface area contributed by atoms with Gasteiger partial charge in [-0.05, 0) is 38.5 Å². The number of fused-ring (bicyclic) bond motifs is 2. The molecule has 76 valence electrons. The second-order valence-corrected chi connectivity index (χ2v) is 4.20. The molecule has 14 heavy (non-hydrogen) atoms. The van der Waals surface area contributed by atoms with Crippen LogP contribution >= 0.6 is 0 Å². The van der Waals surface area contributed by atoms with E-state index in [0.717, 1.165) is 25.7 Å². The van der Waals surface area contributed by atoms with Gasteiger partial charge < -0.3 is 10.6 Å². The van der Waals surface area contributed by atoms with Gasteiger partial charge in [0.2, 0.25) is 0 Å². The van der Waals surface area contributed by atoms with Crippen molar-refractivity contribution in [2.75, 3.05) is 0 Å². The molecule has 2 aliphatic rings. The Morgan fingerprint density at radius 3 is 2.43 bits per heavy atom. The minimum absolute atomic E-state index is 0.00750. The molecule has 2 heterocycles. The fourth-order valence-electron chi connectivity index (χ4n) is 2.72. The third-order valence-corrected chi connectivity index (χ3v) is 3.24. The summed E-state index contributed by atoms with van der Waals surface area (Å²) in [4.78, 5) is 13.6. The fraction of sp³-hybridized carbons (Fsp3) is 0.727. The lowest BCUT2D eigenvalue weighted by molar-refractivity contribution is -0.129. The molecule has 3 nitrogen and oxygen atoms in total. The second-order valence-electron chi connectivity index (χ2n) is 4.20. The number of rotatable bonds is 0. The number of hydrogen-bond acceptors (Lipinski definition) is 2. The topological polar surface area (TPSA) is 46.3 Å². The van der Waals surface area contributed by atoms with E-state index < -0.39 is 0 Å². The monoisotopic (exact) mass is 192 g/mol. The van der Waals surface area contributed by atoms with Crippen molar-refractivity contribution in [2.24, 2.45) is 5.73 Å². The number of carbonyl (C=O) groups excluding carboxylic acids is 1. The van der Waals surface area contributed by atoms with Gasteiger partial charge in [0, 0.05) is 18.1 Å². The van der Waals surface area contributed by atoms with Crippen LogP contribution in [0, 0.1) is 11.8 Å². The standard InChI is InChI=1S/C11H16N2O/c1-2-3-11(14)13-9-4-5-10(13)7-8(12)6-9/h8-10H,4-7,12H2,1H3. The third-order valence-electron chi connectivity index (χ3n) is 3.24. The number of amides is 1. The predicted molar refractivity (Wildman–Crippen MR) is 54.3 cm³/mol. The molecule has 2 atom stereocenters. The van der Waals surface area contributed by atoms with Crippen molar-refractivity contribution in [3.8, 4) is 11.8 Å². The highest BCUT2D eigenvalue weighted by atomic mass is 16.2. The van der Waals surface area contributed by atoms with E-state index >= 15 is 0 Å². The first-order chi connectivity index (χ1) is 6.72. The summed E-state index contributed by atoms with van der Waals surface area (Å²) in [6.07, 6.45) is 4.12. The summed E-state index contributed by atoms with van der Waals surface area (Å²) in [5.41, 5.74) is 5.92. The zero-order valence-electron chi connectivity index (χ0n) is 8.49. The molecule has 2 aliphatic heterocycles. The largest absolute Gasteiger partial charge is 0.328 e. The first-order valence-electron chi connectivity index (χ1n) is 5.23. The minimum Gasteiger partial charge on any atom is -0.328 e. The lowest BCUT2D eigenvalue weighted by Gasteiger charge is -2.36. The molecular weight excluding hydrogens is 176 g/mol. The SMILES string of the molecule is CC#CC(=O)N1C2CCC1CC(N)C2. The van der Waals surface area contributed by atoms with Gasteiger partial charge in [0.15, 0.2) is 0 Å². The molecule has 0 aromatic carbocycles. The summed E-state index contributed by atoms with van der Waals surface area (Å²) >= 11 is 0. The van der Waals surface area contributed by atoms with Crippen LogP contribution in [-0.2, 0) is 4.79 Å². The Balaban J connectivity index is 2.13. The summed E-state index contributed by atoms with van der Waals surface area (Å²) in [6, 6.07) is 1.00. The van der Waals surface area contributed by atoms with E-state index in [1.54, 1.807) is 6.92 Å². The van der Waals surface area contributed by atoms with E-state index in [1.165, 1.54) is 0 Å². The fourth-order valence-corrected chi connectivity index (χ4v) is 2.72. The average Bonchev–Trinajstić information content (AvgIpc) is 2.39. The van der Waals surface area contributed by atoms with Crippen molar-refractivity contribution < 1.29 is 4.79 Å². The summed E-state index contributed by atoms with van der Waals surface area (Å²) < 4.78 is 0. The quantitative estimate of drug-likeness (QED) is 0.568. The molecule has 2 rings (SSSR count). The van der Waals surface area contributed by atoms with Gasteiger partial charge in [-0.25, -0.2) is 0 Å². The summed E-state index contributed by atoms with van der Waals surface area (Å²) in [7, 11) is 0. The van der Waals surface area contributed by atoms with Crippen molar-refractivity contribution >= 4 is 5.91 Å². The van der Waals surface area contributed by atoms with Gasteiger partial charge in [0.25, 0.3) is 5.91 Å². The van der Waals surface area contributed by atoms with Gasteiger partial charge in [0.1, 0.15) is 0 Å². The van der Waals surface area contributed by atoms with Gasteiger partial charge in [-0.3, -0.25) is 4.79 Å². The van der Waals surface area contributed by atoms with Crippen LogP contribution in [0.3, 0.4) is 0 Å². The van der Waals surface area contributed by atoms with E-state index in [4.69, 9.17) is 5.73 Å². The van der Waals surface area contributed by atoms with Gasteiger partial charge in [-0.1, -0.05) is 5.92 Å². The summed E-state index contributed by atoms with van der Waals surface area (Å²) in [5.74, 6) is 5.29. The lowest BCUT2D eigenvalue weighted by atomic mass is 9.98. The molecule has 2 N–H and O–H groups in total. The van der Waals surface area contributed by atoms with Crippen LogP contribution in [0.15, 0.2) is 0 Å². The van der Waals surface area contributed by atoms with E-state index in [1.807, 2.05) is 4.90 Å². The molecule has 0 saturated carbocycles. The molecule has 0 aromatic heterocycles. The number of piperidine rings is 1. The molecular formula is C11H16N2O. The molecule has 0 aromatic rings. The maximum Gasteiger partial charge on any atom is 0.298 e. The van der Waals surface area contributed by atoms with Crippen LogP contribution in [0.5, 0.6) is 0 Å². The van der Waals surface area contributed by atoms with E-state index in [9.17, 15) is 4.79 Å². The predicted octanol–water partition coefficient (Wildman–Crippen LogP) is 0.490. The maximum atomic E-state index is 11.7. The average molecular weight is 192 g/mol. The van der Waals surface area contributed by atoms with Crippen LogP contribution in [-0.4, -0.2) is 28.9 Å². The highest BCUT2D eigenvalue weighted by Gasteiger charge is 2.41. The Labute approximate surface area is 84.6 Å². The normalized spacial score (nSPS) is 35.0. The Bertz CT molecular complexity index is 288. The molecule has 0 radical (unpaired) electrons. The van der Waals surface area contributed by atoms with E-state index in [-0.39, 0.29) is 11.9 Å². The van der Waals surface area contributed by atoms with Gasteiger partial charge >= 0.3 is 0 Å². The van der Waals surface area contributed by atoms with E-state index in [0.29, 0.717) is 12.1 Å². The van der Waals surface area contributed by atoms with Crippen LogP contribution in [0.1, 0.15) is 32.6 Å². The molecule has 0 aliphatic carbocycles. The first kappa shape index (κ1) is 9.54. The van der Waals surface area contributed by atoms with Crippen LogP contribution in [0.4, 0.5) is 0 Å². The minimum atomic E-state index is -0.00750. The number of nitrogens with two attached hydrogens (primary N) is 1. The van der Waals surface area contributed by atoms with Gasteiger partial charge in [-0.15, -0.1) is 0 Å². The van der Waals surface area contributed by atoms with E-state index in [2.05, 4.69) is 11.8 Å². The van der Waals surface area contributed by atoms with Crippen molar-refractivity contribution in [1.29, 1.82) is 0 Å². The van der Waals surface area contributed by atoms with Crippen molar-refractivity contribution in [3.05, 3.63) is 0 Å². The Morgan fingerprint density at radius 2 is 1.93 bits per heavy atom. The Hall–Kier alpha value is -1.01. The van der Waals surface area contributed by atoms with Crippen LogP contribution in [0.2, 0.25) is 0 Å². The zero-order valence-corrected chi connectivity index (χ0v) is 8.49. The Kier molecular flexibility index (Phi) is 2.47. The molecule has 1 amide bonds. The molecule has 0 spiro atoms.